The molecule has 1 N–H and O–H groups in total. The van der Waals surface area contributed by atoms with Crippen LogP contribution in [0.3, 0.4) is 0 Å². The van der Waals surface area contributed by atoms with Gasteiger partial charge in [-0.15, -0.1) is 0 Å². The second-order valence-corrected chi connectivity index (χ2v) is 5.49. The van der Waals surface area contributed by atoms with Crippen LogP contribution in [0.4, 0.5) is 15.8 Å². The molecule has 0 unspecified atom stereocenters. The number of halogens is 2. The number of nitrogens with one attached hydrogen (secondary N) is 1. The summed E-state index contributed by atoms with van der Waals surface area (Å²) in [5.74, 6) is -0.534. The van der Waals surface area contributed by atoms with Crippen molar-refractivity contribution >= 4 is 27.3 Å². The van der Waals surface area contributed by atoms with Crippen LogP contribution in [0.2, 0.25) is 0 Å². The first-order valence-corrected chi connectivity index (χ1v) is 6.69. The third kappa shape index (κ3) is 2.87. The van der Waals surface area contributed by atoms with Crippen LogP contribution in [0.1, 0.15) is 19.3 Å². The number of nitrogens with zero attached hydrogens (tertiary/aromatic N) is 1. The average molecular weight is 333 g/mol. The predicted octanol–water partition coefficient (Wildman–Crippen LogP) is 3.48. The number of anilines is 1. The van der Waals surface area contributed by atoms with E-state index in [0.717, 1.165) is 31.4 Å². The summed E-state index contributed by atoms with van der Waals surface area (Å²) in [4.78, 5) is 10.4. The van der Waals surface area contributed by atoms with E-state index >= 15 is 0 Å². The zero-order valence-corrected chi connectivity index (χ0v) is 12.0. The van der Waals surface area contributed by atoms with Gasteiger partial charge < -0.3 is 10.1 Å². The van der Waals surface area contributed by atoms with Gasteiger partial charge in [0.15, 0.2) is 0 Å². The number of ether oxygens (including phenoxy) is 1. The summed E-state index contributed by atoms with van der Waals surface area (Å²) in [6.45, 7) is 0.436. The molecule has 2 rings (SSSR count). The number of rotatable bonds is 5. The van der Waals surface area contributed by atoms with Crippen molar-refractivity contribution in [1.29, 1.82) is 0 Å². The first kappa shape index (κ1) is 14.2. The first-order chi connectivity index (χ1) is 8.97. The molecule has 0 amide bonds. The van der Waals surface area contributed by atoms with Crippen LogP contribution in [0.15, 0.2) is 16.6 Å². The number of methoxy groups -OCH3 is 1. The Balaban J connectivity index is 2.19. The minimum atomic E-state index is -0.535. The van der Waals surface area contributed by atoms with E-state index in [1.165, 1.54) is 0 Å². The normalized spacial score (nSPS) is 16.8. The molecule has 19 heavy (non-hydrogen) atoms. The van der Waals surface area contributed by atoms with E-state index in [1.54, 1.807) is 7.11 Å². The van der Waals surface area contributed by atoms with Gasteiger partial charge in [0.2, 0.25) is 0 Å². The van der Waals surface area contributed by atoms with Gasteiger partial charge in [0.25, 0.3) is 5.69 Å². The molecule has 0 atom stereocenters. The van der Waals surface area contributed by atoms with Crippen molar-refractivity contribution < 1.29 is 14.1 Å². The van der Waals surface area contributed by atoms with Gasteiger partial charge in [-0.05, 0) is 35.2 Å². The molecule has 1 aliphatic carbocycles. The second kappa shape index (κ2) is 5.42. The lowest BCUT2D eigenvalue weighted by Crippen LogP contribution is -2.45. The van der Waals surface area contributed by atoms with Gasteiger partial charge in [-0.2, -0.15) is 0 Å². The minimum absolute atomic E-state index is 0.0786. The maximum absolute atomic E-state index is 13.5. The van der Waals surface area contributed by atoms with Gasteiger partial charge in [0.1, 0.15) is 11.5 Å². The molecule has 104 valence electrons. The van der Waals surface area contributed by atoms with Gasteiger partial charge in [0.05, 0.1) is 15.0 Å². The van der Waals surface area contributed by atoms with Crippen LogP contribution >= 0.6 is 15.9 Å². The number of hydrogen-bond acceptors (Lipinski definition) is 4. The molecule has 5 nitrogen and oxygen atoms in total. The molecule has 1 aliphatic rings. The predicted molar refractivity (Wildman–Crippen MR) is 72.8 cm³/mol. The zero-order chi connectivity index (χ0) is 14.0. The molecule has 0 bridgehead atoms. The average Bonchev–Trinajstić information content (AvgIpc) is 2.32. The van der Waals surface area contributed by atoms with Crippen LogP contribution in [-0.2, 0) is 4.74 Å². The lowest BCUT2D eigenvalue weighted by Gasteiger charge is -2.40. The molecule has 1 fully saturated rings. The van der Waals surface area contributed by atoms with Crippen LogP contribution in [0.5, 0.6) is 0 Å². The molecule has 0 aliphatic heterocycles. The molecule has 0 radical (unpaired) electrons. The Morgan fingerprint density at radius 3 is 2.74 bits per heavy atom. The SMILES string of the molecule is COC1(CNc2cc(F)c(Br)cc2[N+](=O)[O-])CCC1. The first-order valence-electron chi connectivity index (χ1n) is 5.90. The number of benzene rings is 1. The Hall–Kier alpha value is -1.21. The molecule has 1 saturated carbocycles. The van der Waals surface area contributed by atoms with Gasteiger partial charge in [-0.25, -0.2) is 4.39 Å². The van der Waals surface area contributed by atoms with E-state index in [2.05, 4.69) is 21.2 Å². The largest absolute Gasteiger partial charge is 0.377 e. The van der Waals surface area contributed by atoms with Crippen LogP contribution in [0, 0.1) is 15.9 Å². The van der Waals surface area contributed by atoms with Crippen molar-refractivity contribution in [2.24, 2.45) is 0 Å². The second-order valence-electron chi connectivity index (χ2n) is 4.63. The Morgan fingerprint density at radius 1 is 1.58 bits per heavy atom. The van der Waals surface area contributed by atoms with Crippen LogP contribution in [-0.4, -0.2) is 24.2 Å². The Bertz CT molecular complexity index is 500. The van der Waals surface area contributed by atoms with Crippen LogP contribution in [0.25, 0.3) is 0 Å². The van der Waals surface area contributed by atoms with E-state index in [9.17, 15) is 14.5 Å². The van der Waals surface area contributed by atoms with Gasteiger partial charge in [-0.3, -0.25) is 10.1 Å². The standard InChI is InChI=1S/C12H14BrFN2O3/c1-19-12(3-2-4-12)7-15-10-6-9(14)8(13)5-11(10)16(17)18/h5-6,15H,2-4,7H2,1H3. The molecule has 1 aromatic rings. The Morgan fingerprint density at radius 2 is 2.26 bits per heavy atom. The van der Waals surface area contributed by atoms with Gasteiger partial charge in [0, 0.05) is 25.8 Å². The monoisotopic (exact) mass is 332 g/mol. The fourth-order valence-corrected chi connectivity index (χ4v) is 2.44. The summed E-state index contributed by atoms with van der Waals surface area (Å²) in [7, 11) is 1.62. The van der Waals surface area contributed by atoms with Crippen molar-refractivity contribution in [3.05, 3.63) is 32.5 Å². The summed E-state index contributed by atoms with van der Waals surface area (Å²) in [5.41, 5.74) is -0.259. The highest BCUT2D eigenvalue weighted by molar-refractivity contribution is 9.10. The maximum atomic E-state index is 13.5. The molecule has 0 spiro atoms. The lowest BCUT2D eigenvalue weighted by molar-refractivity contribution is -0.384. The smallest absolute Gasteiger partial charge is 0.293 e. The van der Waals surface area contributed by atoms with Crippen molar-refractivity contribution in [1.82, 2.24) is 0 Å². The molecule has 0 heterocycles. The van der Waals surface area contributed by atoms with E-state index in [4.69, 9.17) is 4.74 Å². The number of nitro benzene ring substituents is 1. The van der Waals surface area contributed by atoms with Crippen molar-refractivity contribution in [3.8, 4) is 0 Å². The molecular weight excluding hydrogens is 319 g/mol. The molecule has 0 aromatic heterocycles. The van der Waals surface area contributed by atoms with E-state index in [0.29, 0.717) is 6.54 Å². The molecular formula is C12H14BrFN2O3. The fourth-order valence-electron chi connectivity index (χ4n) is 2.11. The third-order valence-corrected chi connectivity index (χ3v) is 4.14. The summed E-state index contributed by atoms with van der Waals surface area (Å²) in [5, 5.41) is 13.9. The molecule has 7 heteroatoms. The summed E-state index contributed by atoms with van der Waals surface area (Å²) in [6.07, 6.45) is 2.89. The zero-order valence-electron chi connectivity index (χ0n) is 10.4. The van der Waals surface area contributed by atoms with Crippen LogP contribution < -0.4 is 5.32 Å². The summed E-state index contributed by atoms with van der Waals surface area (Å²) < 4.78 is 19.0. The topological polar surface area (TPSA) is 64.4 Å². The highest BCUT2D eigenvalue weighted by Crippen LogP contribution is 2.37. The molecule has 1 aromatic carbocycles. The number of hydrogen-bond donors (Lipinski definition) is 1. The van der Waals surface area contributed by atoms with Gasteiger partial charge in [-0.1, -0.05) is 0 Å². The Kier molecular flexibility index (Phi) is 4.05. The van der Waals surface area contributed by atoms with Crippen molar-refractivity contribution in [3.63, 3.8) is 0 Å². The lowest BCUT2D eigenvalue weighted by atomic mass is 9.80. The van der Waals surface area contributed by atoms with Crippen molar-refractivity contribution in [2.45, 2.75) is 24.9 Å². The Labute approximate surface area is 118 Å². The van der Waals surface area contributed by atoms with Gasteiger partial charge >= 0.3 is 0 Å². The van der Waals surface area contributed by atoms with E-state index in [1.807, 2.05) is 0 Å². The maximum Gasteiger partial charge on any atom is 0.293 e. The van der Waals surface area contributed by atoms with E-state index < -0.39 is 10.7 Å². The quantitative estimate of drug-likeness (QED) is 0.662. The summed E-state index contributed by atoms with van der Waals surface area (Å²) in [6, 6.07) is 2.29. The van der Waals surface area contributed by atoms with Crippen molar-refractivity contribution in [2.75, 3.05) is 19.0 Å². The minimum Gasteiger partial charge on any atom is -0.377 e. The fraction of sp³-hybridized carbons (Fsp3) is 0.500. The van der Waals surface area contributed by atoms with E-state index in [-0.39, 0.29) is 21.4 Å². The summed E-state index contributed by atoms with van der Waals surface area (Å²) >= 11 is 2.95. The molecule has 0 saturated heterocycles. The third-order valence-electron chi connectivity index (χ3n) is 3.53. The highest BCUT2D eigenvalue weighted by Gasteiger charge is 2.37. The highest BCUT2D eigenvalue weighted by atomic mass is 79.9. The number of nitro groups is 1.